The third-order valence-corrected chi connectivity index (χ3v) is 5.83. The molecule has 2 aromatic rings. The summed E-state index contributed by atoms with van der Waals surface area (Å²) in [5.74, 6) is 0.0378. The molecule has 0 saturated carbocycles. The zero-order chi connectivity index (χ0) is 24.0. The van der Waals surface area contributed by atoms with Gasteiger partial charge in [0.25, 0.3) is 11.8 Å². The van der Waals surface area contributed by atoms with Gasteiger partial charge in [-0.1, -0.05) is 45.9 Å². The molecule has 1 saturated heterocycles. The fraction of sp³-hybridized carbons (Fsp3) is 0.500. The minimum atomic E-state index is -0.493. The van der Waals surface area contributed by atoms with E-state index in [2.05, 4.69) is 50.0 Å². The Morgan fingerprint density at radius 2 is 1.55 bits per heavy atom. The number of hydrogen-bond donors (Lipinski definition) is 1. The molecule has 33 heavy (non-hydrogen) atoms. The van der Waals surface area contributed by atoms with Crippen LogP contribution in [0, 0.1) is 11.8 Å². The second-order valence-electron chi connectivity index (χ2n) is 9.56. The van der Waals surface area contributed by atoms with Gasteiger partial charge in [0.05, 0.1) is 0 Å². The lowest BCUT2D eigenvalue weighted by molar-refractivity contribution is 0.0744. The van der Waals surface area contributed by atoms with Gasteiger partial charge in [0, 0.05) is 57.3 Å². The first kappa shape index (κ1) is 24.6. The van der Waals surface area contributed by atoms with Crippen LogP contribution in [0.4, 0.5) is 5.69 Å². The average molecular weight is 453 g/mol. The lowest BCUT2D eigenvalue weighted by Gasteiger charge is -2.36. The van der Waals surface area contributed by atoms with Crippen LogP contribution in [0.3, 0.4) is 0 Å². The van der Waals surface area contributed by atoms with Crippen LogP contribution in [0.25, 0.3) is 0 Å². The first-order valence-corrected chi connectivity index (χ1v) is 11.9. The highest BCUT2D eigenvalue weighted by Crippen LogP contribution is 2.16. The van der Waals surface area contributed by atoms with E-state index in [4.69, 9.17) is 0 Å². The van der Waals surface area contributed by atoms with Crippen molar-refractivity contribution >= 4 is 17.5 Å². The van der Waals surface area contributed by atoms with Crippen LogP contribution in [-0.4, -0.2) is 54.0 Å². The number of nitrogens with one attached hydrogen (secondary N) is 1. The van der Waals surface area contributed by atoms with Gasteiger partial charge in [-0.25, -0.2) is 0 Å². The van der Waals surface area contributed by atoms with E-state index in [0.717, 1.165) is 12.1 Å². The van der Waals surface area contributed by atoms with E-state index in [1.165, 1.54) is 0 Å². The van der Waals surface area contributed by atoms with E-state index in [-0.39, 0.29) is 17.0 Å². The number of benzene rings is 1. The van der Waals surface area contributed by atoms with E-state index in [1.54, 1.807) is 21.9 Å². The Hall–Kier alpha value is -3.09. The summed E-state index contributed by atoms with van der Waals surface area (Å²) in [7, 11) is 0. The SMILES string of the molecule is CC(C)CCNC(=O)c1cn(CC(C)C)cc(C(=O)N2CCN(c3ccccc3)CC2)c1=O. The van der Waals surface area contributed by atoms with E-state index in [0.29, 0.717) is 51.1 Å². The summed E-state index contributed by atoms with van der Waals surface area (Å²) in [5.41, 5.74) is 0.741. The Balaban J connectivity index is 1.79. The number of pyridine rings is 1. The maximum atomic E-state index is 13.3. The van der Waals surface area contributed by atoms with Crippen molar-refractivity contribution in [1.82, 2.24) is 14.8 Å². The molecule has 1 aromatic carbocycles. The third kappa shape index (κ3) is 6.46. The van der Waals surface area contributed by atoms with Crippen LogP contribution in [0.1, 0.15) is 54.8 Å². The molecule has 1 aliphatic rings. The molecule has 3 rings (SSSR count). The molecular formula is C26H36N4O3. The number of aromatic nitrogens is 1. The molecule has 0 aliphatic carbocycles. The molecule has 1 N–H and O–H groups in total. The van der Waals surface area contributed by atoms with Crippen LogP contribution >= 0.6 is 0 Å². The molecule has 7 heteroatoms. The monoisotopic (exact) mass is 452 g/mol. The number of hydrogen-bond acceptors (Lipinski definition) is 4. The van der Waals surface area contributed by atoms with Crippen LogP contribution in [0.5, 0.6) is 0 Å². The molecule has 0 bridgehead atoms. The van der Waals surface area contributed by atoms with Crippen molar-refractivity contribution < 1.29 is 9.59 Å². The number of anilines is 1. The van der Waals surface area contributed by atoms with Gasteiger partial charge in [0.1, 0.15) is 11.1 Å². The van der Waals surface area contributed by atoms with Crippen molar-refractivity contribution in [2.75, 3.05) is 37.6 Å². The quantitative estimate of drug-likeness (QED) is 0.667. The van der Waals surface area contributed by atoms with Crippen LogP contribution < -0.4 is 15.6 Å². The van der Waals surface area contributed by atoms with Crippen molar-refractivity contribution in [3.05, 3.63) is 64.1 Å². The Morgan fingerprint density at radius 3 is 2.15 bits per heavy atom. The van der Waals surface area contributed by atoms with E-state index in [1.807, 2.05) is 18.2 Å². The predicted molar refractivity (Wildman–Crippen MR) is 132 cm³/mol. The minimum absolute atomic E-state index is 0.0353. The molecule has 0 radical (unpaired) electrons. The highest BCUT2D eigenvalue weighted by Gasteiger charge is 2.26. The summed E-state index contributed by atoms with van der Waals surface area (Å²) < 4.78 is 1.80. The lowest BCUT2D eigenvalue weighted by atomic mass is 10.1. The lowest BCUT2D eigenvalue weighted by Crippen LogP contribution is -2.50. The summed E-state index contributed by atoms with van der Waals surface area (Å²) in [6.45, 7) is 11.9. The Labute approximate surface area is 196 Å². The first-order valence-electron chi connectivity index (χ1n) is 11.9. The summed E-state index contributed by atoms with van der Waals surface area (Å²) in [6, 6.07) is 10.1. The molecule has 1 fully saturated rings. The van der Waals surface area contributed by atoms with Gasteiger partial charge in [0.2, 0.25) is 5.43 Å². The second kappa shape index (κ2) is 11.2. The molecule has 7 nitrogen and oxygen atoms in total. The molecule has 2 amide bonds. The second-order valence-corrected chi connectivity index (χ2v) is 9.56. The molecule has 1 aliphatic heterocycles. The maximum Gasteiger partial charge on any atom is 0.259 e. The van der Waals surface area contributed by atoms with E-state index in [9.17, 15) is 14.4 Å². The summed E-state index contributed by atoms with van der Waals surface area (Å²) in [6.07, 6.45) is 4.02. The number of para-hydroxylation sites is 1. The molecular weight excluding hydrogens is 416 g/mol. The van der Waals surface area contributed by atoms with Gasteiger partial charge >= 0.3 is 0 Å². The number of carbonyl (C=O) groups is 2. The van der Waals surface area contributed by atoms with Crippen molar-refractivity contribution in [1.29, 1.82) is 0 Å². The minimum Gasteiger partial charge on any atom is -0.368 e. The highest BCUT2D eigenvalue weighted by molar-refractivity contribution is 5.99. The topological polar surface area (TPSA) is 74.7 Å². The predicted octanol–water partition coefficient (Wildman–Crippen LogP) is 3.24. The zero-order valence-electron chi connectivity index (χ0n) is 20.2. The summed E-state index contributed by atoms with van der Waals surface area (Å²) in [4.78, 5) is 43.3. The van der Waals surface area contributed by atoms with Crippen LogP contribution in [0.2, 0.25) is 0 Å². The fourth-order valence-electron chi connectivity index (χ4n) is 4.02. The first-order chi connectivity index (χ1) is 15.8. The molecule has 178 valence electrons. The largest absolute Gasteiger partial charge is 0.368 e. The Kier molecular flexibility index (Phi) is 8.31. The van der Waals surface area contributed by atoms with Gasteiger partial charge in [0.15, 0.2) is 0 Å². The Morgan fingerprint density at radius 1 is 0.909 bits per heavy atom. The van der Waals surface area contributed by atoms with Crippen molar-refractivity contribution in [2.24, 2.45) is 11.8 Å². The molecule has 0 spiro atoms. The number of rotatable bonds is 8. The van der Waals surface area contributed by atoms with Crippen molar-refractivity contribution in [2.45, 2.75) is 40.7 Å². The van der Waals surface area contributed by atoms with Gasteiger partial charge in [-0.15, -0.1) is 0 Å². The Bertz CT molecular complexity index is 1010. The molecule has 2 heterocycles. The third-order valence-electron chi connectivity index (χ3n) is 5.83. The van der Waals surface area contributed by atoms with Gasteiger partial charge in [-0.05, 0) is 30.4 Å². The van der Waals surface area contributed by atoms with E-state index < -0.39 is 11.3 Å². The number of piperazine rings is 1. The molecule has 0 unspecified atom stereocenters. The summed E-state index contributed by atoms with van der Waals surface area (Å²) in [5, 5.41) is 2.84. The van der Waals surface area contributed by atoms with E-state index >= 15 is 0 Å². The van der Waals surface area contributed by atoms with Crippen LogP contribution in [-0.2, 0) is 6.54 Å². The number of amides is 2. The van der Waals surface area contributed by atoms with Gasteiger partial charge in [-0.3, -0.25) is 14.4 Å². The molecule has 0 atom stereocenters. The van der Waals surface area contributed by atoms with Gasteiger partial charge < -0.3 is 19.7 Å². The van der Waals surface area contributed by atoms with Crippen LogP contribution in [0.15, 0.2) is 47.5 Å². The number of carbonyl (C=O) groups excluding carboxylic acids is 2. The number of nitrogens with zero attached hydrogens (tertiary/aromatic N) is 3. The fourth-order valence-corrected chi connectivity index (χ4v) is 4.02. The smallest absolute Gasteiger partial charge is 0.259 e. The molecule has 1 aromatic heterocycles. The van der Waals surface area contributed by atoms with Crippen molar-refractivity contribution in [3.8, 4) is 0 Å². The maximum absolute atomic E-state index is 13.3. The van der Waals surface area contributed by atoms with Crippen molar-refractivity contribution in [3.63, 3.8) is 0 Å². The summed E-state index contributed by atoms with van der Waals surface area (Å²) >= 11 is 0. The highest BCUT2D eigenvalue weighted by atomic mass is 16.2. The average Bonchev–Trinajstić information content (AvgIpc) is 2.79. The van der Waals surface area contributed by atoms with Gasteiger partial charge in [-0.2, -0.15) is 0 Å². The zero-order valence-corrected chi connectivity index (χ0v) is 20.2. The normalized spacial score (nSPS) is 14.1. The standard InChI is InChI=1S/C26H36N4O3/c1-19(2)10-11-27-25(32)22-17-28(16-20(3)4)18-23(24(22)31)26(33)30-14-12-29(13-15-30)21-8-6-5-7-9-21/h5-9,17-20H,10-16H2,1-4H3,(H,27,32).